The molecule has 1 aromatic heterocycles. The number of fused-ring (bicyclic) bond motifs is 1. The summed E-state index contributed by atoms with van der Waals surface area (Å²) in [4.78, 5) is 4.17. The molecular weight excluding hydrogens is 252 g/mol. The van der Waals surface area contributed by atoms with Crippen LogP contribution in [0.4, 0.5) is 0 Å². The monoisotopic (exact) mass is 270 g/mol. The molecule has 4 nitrogen and oxygen atoms in total. The highest BCUT2D eigenvalue weighted by Crippen LogP contribution is 2.34. The van der Waals surface area contributed by atoms with Crippen LogP contribution in [0.5, 0.6) is 11.5 Å². The van der Waals surface area contributed by atoms with E-state index in [-0.39, 0.29) is 6.04 Å². The highest BCUT2D eigenvalue weighted by molar-refractivity contribution is 5.45. The number of pyridine rings is 1. The van der Waals surface area contributed by atoms with Crippen molar-refractivity contribution in [2.45, 2.75) is 26.4 Å². The third-order valence-electron chi connectivity index (χ3n) is 3.64. The van der Waals surface area contributed by atoms with E-state index < -0.39 is 0 Å². The maximum Gasteiger partial charge on any atom is 0.231 e. The summed E-state index contributed by atoms with van der Waals surface area (Å²) in [5, 5.41) is 3.51. The summed E-state index contributed by atoms with van der Waals surface area (Å²) >= 11 is 0. The van der Waals surface area contributed by atoms with Gasteiger partial charge in [0, 0.05) is 25.0 Å². The van der Waals surface area contributed by atoms with Crippen LogP contribution >= 0.6 is 0 Å². The van der Waals surface area contributed by atoms with E-state index in [1.807, 2.05) is 30.6 Å². The fraction of sp³-hybridized carbons (Fsp3) is 0.312. The number of nitrogens with zero attached hydrogens (tertiary/aromatic N) is 1. The van der Waals surface area contributed by atoms with Gasteiger partial charge < -0.3 is 14.8 Å². The third-order valence-corrected chi connectivity index (χ3v) is 3.64. The largest absolute Gasteiger partial charge is 0.454 e. The van der Waals surface area contributed by atoms with Gasteiger partial charge >= 0.3 is 0 Å². The van der Waals surface area contributed by atoms with Crippen LogP contribution in [-0.4, -0.2) is 11.8 Å². The lowest BCUT2D eigenvalue weighted by molar-refractivity contribution is 0.174. The molecule has 1 atom stereocenters. The lowest BCUT2D eigenvalue weighted by atomic mass is 10.1. The molecule has 1 unspecified atom stereocenters. The summed E-state index contributed by atoms with van der Waals surface area (Å²) in [6.45, 7) is 5.36. The molecule has 0 saturated heterocycles. The second-order valence-corrected chi connectivity index (χ2v) is 5.02. The summed E-state index contributed by atoms with van der Waals surface area (Å²) in [6.07, 6.45) is 3.73. The first-order valence-corrected chi connectivity index (χ1v) is 6.76. The number of hydrogen-bond donors (Lipinski definition) is 1. The molecule has 1 aliphatic rings. The Morgan fingerprint density at radius 2 is 2.10 bits per heavy atom. The fourth-order valence-electron chi connectivity index (χ4n) is 2.25. The van der Waals surface area contributed by atoms with Gasteiger partial charge in [-0.05, 0) is 48.7 Å². The molecule has 20 heavy (non-hydrogen) atoms. The van der Waals surface area contributed by atoms with E-state index in [0.717, 1.165) is 18.0 Å². The average molecular weight is 270 g/mol. The van der Waals surface area contributed by atoms with Crippen molar-refractivity contribution in [2.24, 2.45) is 0 Å². The van der Waals surface area contributed by atoms with Crippen LogP contribution in [0.1, 0.15) is 29.7 Å². The van der Waals surface area contributed by atoms with E-state index in [1.54, 1.807) is 0 Å². The first-order chi connectivity index (χ1) is 9.74. The molecule has 0 fully saturated rings. The Bertz CT molecular complexity index is 613. The number of nitrogens with one attached hydrogen (secondary N) is 1. The third kappa shape index (κ3) is 2.60. The Balaban J connectivity index is 1.67. The number of rotatable bonds is 4. The molecule has 0 radical (unpaired) electrons. The molecule has 3 rings (SSSR count). The summed E-state index contributed by atoms with van der Waals surface area (Å²) in [5.41, 5.74) is 3.67. The number of aromatic nitrogens is 1. The Morgan fingerprint density at radius 1 is 1.25 bits per heavy atom. The quantitative estimate of drug-likeness (QED) is 0.927. The Kier molecular flexibility index (Phi) is 3.56. The van der Waals surface area contributed by atoms with Gasteiger partial charge in [-0.25, -0.2) is 0 Å². The van der Waals surface area contributed by atoms with E-state index in [1.165, 1.54) is 16.7 Å². The number of aryl methyl sites for hydroxylation is 1. The maximum absolute atomic E-state index is 5.41. The first-order valence-electron chi connectivity index (χ1n) is 6.76. The molecule has 1 aliphatic heterocycles. The molecule has 0 aliphatic carbocycles. The van der Waals surface area contributed by atoms with E-state index in [4.69, 9.17) is 9.47 Å². The Labute approximate surface area is 118 Å². The first kappa shape index (κ1) is 12.9. The molecule has 0 spiro atoms. The normalized spacial score (nSPS) is 14.3. The minimum absolute atomic E-state index is 0.240. The zero-order valence-corrected chi connectivity index (χ0v) is 11.7. The minimum atomic E-state index is 0.240. The van der Waals surface area contributed by atoms with Gasteiger partial charge in [-0.15, -0.1) is 0 Å². The van der Waals surface area contributed by atoms with Gasteiger partial charge in [0.25, 0.3) is 0 Å². The van der Waals surface area contributed by atoms with Crippen molar-refractivity contribution in [3.8, 4) is 11.5 Å². The summed E-state index contributed by atoms with van der Waals surface area (Å²) in [6, 6.07) is 8.34. The SMILES string of the molecule is Cc1ccncc1CNC(C)c1ccc2c(c1)OCO2. The van der Waals surface area contributed by atoms with Gasteiger partial charge in [-0.3, -0.25) is 4.98 Å². The van der Waals surface area contributed by atoms with Gasteiger partial charge in [0.05, 0.1) is 0 Å². The summed E-state index contributed by atoms with van der Waals surface area (Å²) in [5.74, 6) is 1.65. The minimum Gasteiger partial charge on any atom is -0.454 e. The van der Waals surface area contributed by atoms with Gasteiger partial charge in [-0.1, -0.05) is 6.07 Å². The van der Waals surface area contributed by atoms with E-state index in [2.05, 4.69) is 30.2 Å². The van der Waals surface area contributed by atoms with E-state index >= 15 is 0 Å². The van der Waals surface area contributed by atoms with Crippen molar-refractivity contribution in [3.05, 3.63) is 53.3 Å². The highest BCUT2D eigenvalue weighted by atomic mass is 16.7. The number of benzene rings is 1. The topological polar surface area (TPSA) is 43.4 Å². The maximum atomic E-state index is 5.41. The van der Waals surface area contributed by atoms with Crippen molar-refractivity contribution in [3.63, 3.8) is 0 Å². The van der Waals surface area contributed by atoms with Crippen LogP contribution < -0.4 is 14.8 Å². The van der Waals surface area contributed by atoms with Crippen LogP contribution in [0.2, 0.25) is 0 Å². The van der Waals surface area contributed by atoms with Crippen LogP contribution in [0, 0.1) is 6.92 Å². The van der Waals surface area contributed by atoms with Crippen molar-refractivity contribution in [1.29, 1.82) is 0 Å². The van der Waals surface area contributed by atoms with Crippen molar-refractivity contribution < 1.29 is 9.47 Å². The van der Waals surface area contributed by atoms with E-state index in [0.29, 0.717) is 6.79 Å². The zero-order chi connectivity index (χ0) is 13.9. The molecular formula is C16H18N2O2. The highest BCUT2D eigenvalue weighted by Gasteiger charge is 2.15. The van der Waals surface area contributed by atoms with Gasteiger partial charge in [0.2, 0.25) is 6.79 Å². The molecule has 1 aromatic carbocycles. The van der Waals surface area contributed by atoms with Crippen molar-refractivity contribution >= 4 is 0 Å². The van der Waals surface area contributed by atoms with E-state index in [9.17, 15) is 0 Å². The van der Waals surface area contributed by atoms with Crippen LogP contribution in [0.3, 0.4) is 0 Å². The molecule has 4 heteroatoms. The number of hydrogen-bond acceptors (Lipinski definition) is 4. The van der Waals surface area contributed by atoms with Crippen LogP contribution in [0.15, 0.2) is 36.7 Å². The van der Waals surface area contributed by atoms with Crippen molar-refractivity contribution in [1.82, 2.24) is 10.3 Å². The Morgan fingerprint density at radius 3 is 2.95 bits per heavy atom. The Hall–Kier alpha value is -2.07. The average Bonchev–Trinajstić information content (AvgIpc) is 2.93. The molecule has 2 aromatic rings. The molecule has 0 bridgehead atoms. The second kappa shape index (κ2) is 5.51. The molecule has 2 heterocycles. The lowest BCUT2D eigenvalue weighted by Crippen LogP contribution is -2.18. The molecule has 0 amide bonds. The molecule has 104 valence electrons. The van der Waals surface area contributed by atoms with Crippen LogP contribution in [-0.2, 0) is 6.54 Å². The van der Waals surface area contributed by atoms with Crippen molar-refractivity contribution in [2.75, 3.05) is 6.79 Å². The predicted octanol–water partition coefficient (Wildman–Crippen LogP) is 2.97. The smallest absolute Gasteiger partial charge is 0.231 e. The fourth-order valence-corrected chi connectivity index (χ4v) is 2.25. The molecule has 1 N–H and O–H groups in total. The van der Waals surface area contributed by atoms with Gasteiger partial charge in [-0.2, -0.15) is 0 Å². The van der Waals surface area contributed by atoms with Gasteiger partial charge in [0.15, 0.2) is 11.5 Å². The van der Waals surface area contributed by atoms with Gasteiger partial charge in [0.1, 0.15) is 0 Å². The number of ether oxygens (including phenoxy) is 2. The summed E-state index contributed by atoms with van der Waals surface area (Å²) in [7, 11) is 0. The lowest BCUT2D eigenvalue weighted by Gasteiger charge is -2.15. The van der Waals surface area contributed by atoms with Crippen LogP contribution in [0.25, 0.3) is 0 Å². The predicted molar refractivity (Wildman–Crippen MR) is 76.8 cm³/mol. The summed E-state index contributed by atoms with van der Waals surface area (Å²) < 4.78 is 10.7. The second-order valence-electron chi connectivity index (χ2n) is 5.02. The standard InChI is InChI=1S/C16H18N2O2/c1-11-5-6-17-8-14(11)9-18-12(2)13-3-4-15-16(7-13)20-10-19-15/h3-8,12,18H,9-10H2,1-2H3. The molecule has 0 saturated carbocycles. The zero-order valence-electron chi connectivity index (χ0n) is 11.7.